The first-order valence-electron chi connectivity index (χ1n) is 7.88. The number of hydrogen-bond donors (Lipinski definition) is 1. The smallest absolute Gasteiger partial charge is 0.261 e. The maximum absolute atomic E-state index is 12.8. The van der Waals surface area contributed by atoms with Crippen LogP contribution in [0.4, 0.5) is 5.69 Å². The second kappa shape index (κ2) is 5.27. The summed E-state index contributed by atoms with van der Waals surface area (Å²) in [5.41, 5.74) is 5.46. The van der Waals surface area contributed by atoms with Gasteiger partial charge in [0.05, 0.1) is 11.8 Å². The standard InChI is InChI=1S/C18H23N3O/c1-5-15-13(11-19-20-15)17(22)21(4)16-8-6-7-14-12(16)9-10-18(14,2)3/h6-8,11H,5,9-10H2,1-4H3,(H,19,20). The van der Waals surface area contributed by atoms with E-state index in [0.29, 0.717) is 5.56 Å². The summed E-state index contributed by atoms with van der Waals surface area (Å²) in [6.45, 7) is 6.57. The number of nitrogens with one attached hydrogen (secondary N) is 1. The van der Waals surface area contributed by atoms with Crippen LogP contribution in [0.5, 0.6) is 0 Å². The van der Waals surface area contributed by atoms with Crippen molar-refractivity contribution in [2.24, 2.45) is 0 Å². The predicted molar refractivity (Wildman–Crippen MR) is 88.5 cm³/mol. The Kier molecular flexibility index (Phi) is 3.55. The molecule has 1 aliphatic carbocycles. The van der Waals surface area contributed by atoms with E-state index in [-0.39, 0.29) is 11.3 Å². The molecule has 1 aromatic heterocycles. The zero-order chi connectivity index (χ0) is 15.9. The summed E-state index contributed by atoms with van der Waals surface area (Å²) in [6, 6.07) is 6.30. The Morgan fingerprint density at radius 2 is 2.18 bits per heavy atom. The van der Waals surface area contributed by atoms with Gasteiger partial charge in [0.1, 0.15) is 0 Å². The second-order valence-corrected chi connectivity index (χ2v) is 6.67. The van der Waals surface area contributed by atoms with Gasteiger partial charge in [0.2, 0.25) is 0 Å². The number of hydrogen-bond acceptors (Lipinski definition) is 2. The number of fused-ring (bicyclic) bond motifs is 1. The highest BCUT2D eigenvalue weighted by atomic mass is 16.2. The molecule has 0 bridgehead atoms. The van der Waals surface area contributed by atoms with E-state index in [1.807, 2.05) is 20.0 Å². The highest BCUT2D eigenvalue weighted by Crippen LogP contribution is 2.42. The third kappa shape index (κ3) is 2.23. The number of nitrogens with zero attached hydrogens (tertiary/aromatic N) is 2. The highest BCUT2D eigenvalue weighted by Gasteiger charge is 2.32. The van der Waals surface area contributed by atoms with Crippen molar-refractivity contribution in [1.29, 1.82) is 0 Å². The minimum atomic E-state index is 0.00343. The number of aryl methyl sites for hydroxylation is 1. The van der Waals surface area contributed by atoms with Crippen molar-refractivity contribution < 1.29 is 4.79 Å². The Hall–Kier alpha value is -2.10. The van der Waals surface area contributed by atoms with Gasteiger partial charge in [0.25, 0.3) is 5.91 Å². The Labute approximate surface area is 131 Å². The SMILES string of the molecule is CCc1[nH]ncc1C(=O)N(C)c1cccc2c1CCC2(C)C. The fourth-order valence-corrected chi connectivity index (χ4v) is 3.41. The van der Waals surface area contributed by atoms with Gasteiger partial charge in [-0.2, -0.15) is 5.10 Å². The zero-order valence-corrected chi connectivity index (χ0v) is 13.7. The third-order valence-electron chi connectivity index (χ3n) is 4.85. The van der Waals surface area contributed by atoms with E-state index in [9.17, 15) is 4.79 Å². The molecule has 0 saturated carbocycles. The van der Waals surface area contributed by atoms with Crippen molar-refractivity contribution in [1.82, 2.24) is 10.2 Å². The van der Waals surface area contributed by atoms with Crippen molar-refractivity contribution in [2.75, 3.05) is 11.9 Å². The average molecular weight is 297 g/mol. The van der Waals surface area contributed by atoms with Crippen molar-refractivity contribution in [2.45, 2.75) is 45.4 Å². The number of rotatable bonds is 3. The molecule has 4 heteroatoms. The molecular formula is C18H23N3O. The molecule has 2 aromatic rings. The van der Waals surface area contributed by atoms with E-state index in [4.69, 9.17) is 0 Å². The molecule has 116 valence electrons. The minimum Gasteiger partial charge on any atom is -0.311 e. The summed E-state index contributed by atoms with van der Waals surface area (Å²) in [6.07, 6.45) is 4.56. The summed E-state index contributed by atoms with van der Waals surface area (Å²) < 4.78 is 0. The van der Waals surface area contributed by atoms with E-state index < -0.39 is 0 Å². The summed E-state index contributed by atoms with van der Waals surface area (Å²) in [5, 5.41) is 6.92. The largest absolute Gasteiger partial charge is 0.311 e. The average Bonchev–Trinajstić information content (AvgIpc) is 3.10. The van der Waals surface area contributed by atoms with Crippen LogP contribution in [-0.4, -0.2) is 23.2 Å². The summed E-state index contributed by atoms with van der Waals surface area (Å²) >= 11 is 0. The van der Waals surface area contributed by atoms with Crippen LogP contribution < -0.4 is 4.90 Å². The van der Waals surface area contributed by atoms with Gasteiger partial charge in [-0.05, 0) is 41.9 Å². The molecular weight excluding hydrogens is 274 g/mol. The lowest BCUT2D eigenvalue weighted by molar-refractivity contribution is 0.0992. The molecule has 0 radical (unpaired) electrons. The number of benzene rings is 1. The molecule has 0 atom stereocenters. The van der Waals surface area contributed by atoms with E-state index in [2.05, 4.69) is 36.2 Å². The maximum Gasteiger partial charge on any atom is 0.261 e. The maximum atomic E-state index is 12.8. The Balaban J connectivity index is 1.99. The molecule has 4 nitrogen and oxygen atoms in total. The number of anilines is 1. The van der Waals surface area contributed by atoms with Gasteiger partial charge >= 0.3 is 0 Å². The number of carbonyl (C=O) groups excluding carboxylic acids is 1. The molecule has 0 saturated heterocycles. The van der Waals surface area contributed by atoms with Crippen molar-refractivity contribution in [3.63, 3.8) is 0 Å². The van der Waals surface area contributed by atoms with Crippen LogP contribution in [-0.2, 0) is 18.3 Å². The number of carbonyl (C=O) groups is 1. The number of aromatic amines is 1. The fourth-order valence-electron chi connectivity index (χ4n) is 3.41. The van der Waals surface area contributed by atoms with Crippen molar-refractivity contribution in [3.8, 4) is 0 Å². The Morgan fingerprint density at radius 1 is 1.41 bits per heavy atom. The number of H-pyrrole nitrogens is 1. The Morgan fingerprint density at radius 3 is 2.91 bits per heavy atom. The lowest BCUT2D eigenvalue weighted by Gasteiger charge is -2.23. The first kappa shape index (κ1) is 14.8. The molecule has 1 N–H and O–H groups in total. The van der Waals surface area contributed by atoms with Gasteiger partial charge in [-0.1, -0.05) is 32.9 Å². The van der Waals surface area contributed by atoms with Crippen LogP contribution in [0.1, 0.15) is 54.4 Å². The topological polar surface area (TPSA) is 49.0 Å². The van der Waals surface area contributed by atoms with Crippen LogP contribution in [0.2, 0.25) is 0 Å². The van der Waals surface area contributed by atoms with Crippen LogP contribution in [0.15, 0.2) is 24.4 Å². The normalized spacial score (nSPS) is 15.6. The van der Waals surface area contributed by atoms with Crippen LogP contribution in [0.25, 0.3) is 0 Å². The first-order valence-corrected chi connectivity index (χ1v) is 7.88. The predicted octanol–water partition coefficient (Wildman–Crippen LogP) is 3.47. The third-order valence-corrected chi connectivity index (χ3v) is 4.85. The molecule has 1 heterocycles. The number of amides is 1. The second-order valence-electron chi connectivity index (χ2n) is 6.67. The fraction of sp³-hybridized carbons (Fsp3) is 0.444. The van der Waals surface area contributed by atoms with Gasteiger partial charge in [0, 0.05) is 18.4 Å². The lowest BCUT2D eigenvalue weighted by Crippen LogP contribution is -2.28. The quantitative estimate of drug-likeness (QED) is 0.943. The van der Waals surface area contributed by atoms with Crippen LogP contribution in [0.3, 0.4) is 0 Å². The van der Waals surface area contributed by atoms with E-state index in [0.717, 1.165) is 30.6 Å². The molecule has 0 aliphatic heterocycles. The van der Waals surface area contributed by atoms with Gasteiger partial charge < -0.3 is 4.90 Å². The van der Waals surface area contributed by atoms with Crippen LogP contribution >= 0.6 is 0 Å². The first-order chi connectivity index (χ1) is 10.5. The monoisotopic (exact) mass is 297 g/mol. The molecule has 1 aromatic carbocycles. The number of aromatic nitrogens is 2. The van der Waals surface area contributed by atoms with E-state index >= 15 is 0 Å². The van der Waals surface area contributed by atoms with Crippen molar-refractivity contribution in [3.05, 3.63) is 46.8 Å². The summed E-state index contributed by atoms with van der Waals surface area (Å²) in [7, 11) is 1.86. The molecule has 3 rings (SSSR count). The molecule has 22 heavy (non-hydrogen) atoms. The molecule has 0 spiro atoms. The molecule has 1 aliphatic rings. The summed E-state index contributed by atoms with van der Waals surface area (Å²) in [4.78, 5) is 14.6. The van der Waals surface area contributed by atoms with Gasteiger partial charge in [-0.15, -0.1) is 0 Å². The van der Waals surface area contributed by atoms with Crippen LogP contribution in [0, 0.1) is 0 Å². The van der Waals surface area contributed by atoms with E-state index in [1.54, 1.807) is 11.1 Å². The summed E-state index contributed by atoms with van der Waals surface area (Å²) in [5.74, 6) is 0.00343. The molecule has 1 amide bonds. The Bertz CT molecular complexity index is 715. The van der Waals surface area contributed by atoms with E-state index in [1.165, 1.54) is 11.1 Å². The molecule has 0 unspecified atom stereocenters. The van der Waals surface area contributed by atoms with Gasteiger partial charge in [0.15, 0.2) is 0 Å². The van der Waals surface area contributed by atoms with Gasteiger partial charge in [-0.3, -0.25) is 9.89 Å². The lowest BCUT2D eigenvalue weighted by atomic mass is 9.86. The minimum absolute atomic E-state index is 0.00343. The zero-order valence-electron chi connectivity index (χ0n) is 13.7. The van der Waals surface area contributed by atoms with Gasteiger partial charge in [-0.25, -0.2) is 0 Å². The highest BCUT2D eigenvalue weighted by molar-refractivity contribution is 6.06. The van der Waals surface area contributed by atoms with Crippen molar-refractivity contribution >= 4 is 11.6 Å². The molecule has 0 fully saturated rings.